The first-order valence-corrected chi connectivity index (χ1v) is 9.36. The normalized spacial score (nSPS) is 15.2. The SMILES string of the molecule is O=C(CSc1nnnn1C1CCCCC1)Nc1ccccc1OC(F)F. The van der Waals surface area contributed by atoms with E-state index in [1.54, 1.807) is 16.8 Å². The second-order valence-corrected chi connectivity index (χ2v) is 6.85. The molecule has 3 rings (SSSR count). The molecule has 140 valence electrons. The molecule has 0 aliphatic heterocycles. The minimum Gasteiger partial charge on any atom is -0.433 e. The van der Waals surface area contributed by atoms with Gasteiger partial charge in [0.05, 0.1) is 17.5 Å². The molecule has 2 aromatic rings. The Morgan fingerprint density at radius 3 is 2.85 bits per heavy atom. The van der Waals surface area contributed by atoms with Crippen LogP contribution >= 0.6 is 11.8 Å². The Hall–Kier alpha value is -2.23. The number of nitrogens with one attached hydrogen (secondary N) is 1. The van der Waals surface area contributed by atoms with E-state index in [0.717, 1.165) is 25.7 Å². The Balaban J connectivity index is 1.58. The van der Waals surface area contributed by atoms with Crippen molar-refractivity contribution in [2.75, 3.05) is 11.1 Å². The molecule has 10 heteroatoms. The van der Waals surface area contributed by atoms with Gasteiger partial charge in [-0.15, -0.1) is 5.10 Å². The van der Waals surface area contributed by atoms with Gasteiger partial charge in [0.1, 0.15) is 5.75 Å². The van der Waals surface area contributed by atoms with Gasteiger partial charge in [-0.25, -0.2) is 4.68 Å². The number of rotatable bonds is 7. The van der Waals surface area contributed by atoms with Crippen molar-refractivity contribution in [3.8, 4) is 5.75 Å². The molecule has 0 atom stereocenters. The lowest BCUT2D eigenvalue weighted by atomic mass is 9.96. The number of alkyl halides is 2. The average molecular weight is 383 g/mol. The smallest absolute Gasteiger partial charge is 0.387 e. The van der Waals surface area contributed by atoms with Crippen LogP contribution < -0.4 is 10.1 Å². The summed E-state index contributed by atoms with van der Waals surface area (Å²) in [5.74, 6) is -0.359. The van der Waals surface area contributed by atoms with Crippen molar-refractivity contribution < 1.29 is 18.3 Å². The molecular weight excluding hydrogens is 364 g/mol. The van der Waals surface area contributed by atoms with Crippen LogP contribution in [0.2, 0.25) is 0 Å². The standard InChI is InChI=1S/C16H19F2N5O2S/c17-15(18)25-13-9-5-4-8-12(13)19-14(24)10-26-16-20-21-22-23(16)11-6-2-1-3-7-11/h4-5,8-9,11,15H,1-3,6-7,10H2,(H,19,24). The van der Waals surface area contributed by atoms with Gasteiger partial charge in [0.2, 0.25) is 11.1 Å². The number of amides is 1. The minimum atomic E-state index is -2.96. The van der Waals surface area contributed by atoms with Crippen molar-refractivity contribution in [1.82, 2.24) is 20.2 Å². The fraction of sp³-hybridized carbons (Fsp3) is 0.500. The summed E-state index contributed by atoms with van der Waals surface area (Å²) in [6, 6.07) is 6.33. The van der Waals surface area contributed by atoms with Crippen LogP contribution in [0.15, 0.2) is 29.4 Å². The molecule has 0 spiro atoms. The molecule has 1 fully saturated rings. The summed E-state index contributed by atoms with van der Waals surface area (Å²) in [5.41, 5.74) is 0.199. The van der Waals surface area contributed by atoms with Crippen LogP contribution in [-0.4, -0.2) is 38.5 Å². The number of ether oxygens (including phenoxy) is 1. The van der Waals surface area contributed by atoms with Crippen LogP contribution in [0.3, 0.4) is 0 Å². The molecule has 1 heterocycles. The van der Waals surface area contributed by atoms with Gasteiger partial charge in [0, 0.05) is 0 Å². The number of carbonyl (C=O) groups is 1. The molecule has 0 unspecified atom stereocenters. The van der Waals surface area contributed by atoms with Gasteiger partial charge in [0.15, 0.2) is 0 Å². The summed E-state index contributed by atoms with van der Waals surface area (Å²) in [6.45, 7) is -2.96. The molecule has 7 nitrogen and oxygen atoms in total. The molecule has 1 aromatic heterocycles. The number of para-hydroxylation sites is 2. The quantitative estimate of drug-likeness (QED) is 0.737. The maximum atomic E-state index is 12.4. The third kappa shape index (κ3) is 4.90. The Morgan fingerprint density at radius 1 is 1.31 bits per heavy atom. The van der Waals surface area contributed by atoms with Crippen molar-refractivity contribution in [2.24, 2.45) is 0 Å². The van der Waals surface area contributed by atoms with E-state index in [1.807, 2.05) is 0 Å². The monoisotopic (exact) mass is 383 g/mol. The molecule has 1 aliphatic rings. The molecule has 1 aromatic carbocycles. The first-order valence-electron chi connectivity index (χ1n) is 8.38. The Labute approximate surface area is 153 Å². The molecule has 26 heavy (non-hydrogen) atoms. The summed E-state index contributed by atoms with van der Waals surface area (Å²) in [4.78, 5) is 12.2. The van der Waals surface area contributed by atoms with E-state index >= 15 is 0 Å². The Bertz CT molecular complexity index is 737. The number of aromatic nitrogens is 4. The molecular formula is C16H19F2N5O2S. The van der Waals surface area contributed by atoms with Crippen LogP contribution in [0, 0.1) is 0 Å². The molecule has 1 saturated carbocycles. The number of carbonyl (C=O) groups excluding carboxylic acids is 1. The molecule has 1 aliphatic carbocycles. The van der Waals surface area contributed by atoms with Crippen LogP contribution in [0.25, 0.3) is 0 Å². The van der Waals surface area contributed by atoms with Crippen molar-refractivity contribution >= 4 is 23.4 Å². The predicted molar refractivity (Wildman–Crippen MR) is 92.4 cm³/mol. The van der Waals surface area contributed by atoms with Gasteiger partial charge in [-0.05, 0) is 35.4 Å². The van der Waals surface area contributed by atoms with E-state index in [-0.39, 0.29) is 29.1 Å². The fourth-order valence-corrected chi connectivity index (χ4v) is 3.66. The molecule has 0 radical (unpaired) electrons. The number of halogens is 2. The van der Waals surface area contributed by atoms with Crippen LogP contribution in [-0.2, 0) is 4.79 Å². The first kappa shape index (κ1) is 18.6. The number of benzene rings is 1. The summed E-state index contributed by atoms with van der Waals surface area (Å²) in [5, 5.41) is 14.9. The van der Waals surface area contributed by atoms with Crippen molar-refractivity contribution in [1.29, 1.82) is 0 Å². The Kier molecular flexibility index (Phi) is 6.37. The maximum Gasteiger partial charge on any atom is 0.387 e. The predicted octanol–water partition coefficient (Wildman–Crippen LogP) is 3.51. The van der Waals surface area contributed by atoms with Gasteiger partial charge in [0.25, 0.3) is 0 Å². The Morgan fingerprint density at radius 2 is 2.08 bits per heavy atom. The minimum absolute atomic E-state index is 0.0656. The van der Waals surface area contributed by atoms with E-state index in [0.29, 0.717) is 5.16 Å². The van der Waals surface area contributed by atoms with Gasteiger partial charge >= 0.3 is 6.61 Å². The molecule has 0 saturated heterocycles. The summed E-state index contributed by atoms with van der Waals surface area (Å²) in [6.07, 6.45) is 5.59. The average Bonchev–Trinajstić information content (AvgIpc) is 3.10. The highest BCUT2D eigenvalue weighted by molar-refractivity contribution is 7.99. The first-order chi connectivity index (χ1) is 12.6. The fourth-order valence-electron chi connectivity index (χ4n) is 2.92. The van der Waals surface area contributed by atoms with Gasteiger partial charge in [-0.2, -0.15) is 8.78 Å². The van der Waals surface area contributed by atoms with Gasteiger partial charge in [-0.1, -0.05) is 43.2 Å². The van der Waals surface area contributed by atoms with Crippen molar-refractivity contribution in [2.45, 2.75) is 49.9 Å². The number of thioether (sulfide) groups is 1. The van der Waals surface area contributed by atoms with E-state index in [1.165, 1.54) is 30.3 Å². The number of anilines is 1. The van der Waals surface area contributed by atoms with Crippen LogP contribution in [0.4, 0.5) is 14.5 Å². The zero-order valence-electron chi connectivity index (χ0n) is 14.0. The third-order valence-electron chi connectivity index (χ3n) is 4.09. The van der Waals surface area contributed by atoms with Crippen LogP contribution in [0.1, 0.15) is 38.1 Å². The number of tetrazole rings is 1. The van der Waals surface area contributed by atoms with Crippen LogP contribution in [0.5, 0.6) is 5.75 Å². The zero-order valence-corrected chi connectivity index (χ0v) is 14.8. The second-order valence-electron chi connectivity index (χ2n) is 5.91. The highest BCUT2D eigenvalue weighted by Gasteiger charge is 2.21. The van der Waals surface area contributed by atoms with Crippen molar-refractivity contribution in [3.63, 3.8) is 0 Å². The maximum absolute atomic E-state index is 12.4. The molecule has 1 amide bonds. The van der Waals surface area contributed by atoms with Gasteiger partial charge < -0.3 is 10.1 Å². The van der Waals surface area contributed by atoms with E-state index in [4.69, 9.17) is 0 Å². The largest absolute Gasteiger partial charge is 0.433 e. The number of hydrogen-bond donors (Lipinski definition) is 1. The van der Waals surface area contributed by atoms with E-state index in [2.05, 4.69) is 25.6 Å². The molecule has 1 N–H and O–H groups in total. The number of nitrogens with zero attached hydrogens (tertiary/aromatic N) is 4. The third-order valence-corrected chi connectivity index (χ3v) is 5.03. The van der Waals surface area contributed by atoms with Crippen molar-refractivity contribution in [3.05, 3.63) is 24.3 Å². The number of hydrogen-bond acceptors (Lipinski definition) is 6. The second kappa shape index (κ2) is 8.93. The van der Waals surface area contributed by atoms with E-state index in [9.17, 15) is 13.6 Å². The highest BCUT2D eigenvalue weighted by atomic mass is 32.2. The highest BCUT2D eigenvalue weighted by Crippen LogP contribution is 2.30. The lowest BCUT2D eigenvalue weighted by Gasteiger charge is -2.21. The summed E-state index contributed by atoms with van der Waals surface area (Å²) < 4.78 is 31.0. The van der Waals surface area contributed by atoms with E-state index < -0.39 is 6.61 Å². The topological polar surface area (TPSA) is 81.9 Å². The lowest BCUT2D eigenvalue weighted by molar-refractivity contribution is -0.113. The van der Waals surface area contributed by atoms with Gasteiger partial charge in [-0.3, -0.25) is 4.79 Å². The molecule has 0 bridgehead atoms. The summed E-state index contributed by atoms with van der Waals surface area (Å²) in [7, 11) is 0. The lowest BCUT2D eigenvalue weighted by Crippen LogP contribution is -2.18. The zero-order chi connectivity index (χ0) is 18.4. The summed E-state index contributed by atoms with van der Waals surface area (Å²) >= 11 is 1.22.